The molecule has 0 unspecified atom stereocenters. The lowest BCUT2D eigenvalue weighted by atomic mass is 10.1. The lowest BCUT2D eigenvalue weighted by molar-refractivity contribution is 0.0990. The monoisotopic (exact) mass is 421 g/mol. The zero-order chi connectivity index (χ0) is 20.2. The van der Waals surface area contributed by atoms with Crippen LogP contribution in [0, 0.1) is 0 Å². The summed E-state index contributed by atoms with van der Waals surface area (Å²) in [6.07, 6.45) is 2.80. The van der Waals surface area contributed by atoms with Crippen molar-refractivity contribution in [1.29, 1.82) is 0 Å². The summed E-state index contributed by atoms with van der Waals surface area (Å²) in [6, 6.07) is 22.2. The van der Waals surface area contributed by atoms with Crippen molar-refractivity contribution in [3.63, 3.8) is 0 Å². The van der Waals surface area contributed by atoms with Crippen LogP contribution in [0.4, 0.5) is 11.4 Å². The molecule has 0 spiro atoms. The van der Waals surface area contributed by atoms with Crippen LogP contribution < -0.4 is 9.21 Å². The number of para-hydroxylation sites is 1. The van der Waals surface area contributed by atoms with Crippen molar-refractivity contribution in [3.8, 4) is 0 Å². The maximum absolute atomic E-state index is 13.3. The maximum atomic E-state index is 13.3. The van der Waals surface area contributed by atoms with Gasteiger partial charge in [-0.2, -0.15) is 0 Å². The summed E-state index contributed by atoms with van der Waals surface area (Å²) >= 11 is 3.32. The highest BCUT2D eigenvalue weighted by Crippen LogP contribution is 2.33. The van der Waals surface area contributed by atoms with Gasteiger partial charge in [-0.1, -0.05) is 54.4 Å². The van der Waals surface area contributed by atoms with E-state index in [1.54, 1.807) is 23.7 Å². The SMILES string of the molecule is CSN(C)c1ccccc1C(=O)N1CCc2nc(SCc3ccccc3)ccc21. The molecule has 4 rings (SSSR count). The number of pyridine rings is 1. The zero-order valence-corrected chi connectivity index (χ0v) is 18.2. The van der Waals surface area contributed by atoms with E-state index in [1.165, 1.54) is 5.56 Å². The van der Waals surface area contributed by atoms with Crippen LogP contribution in [0.25, 0.3) is 0 Å². The topological polar surface area (TPSA) is 36.4 Å². The van der Waals surface area contributed by atoms with Crippen molar-refractivity contribution in [2.45, 2.75) is 17.2 Å². The molecule has 3 aromatic rings. The van der Waals surface area contributed by atoms with E-state index in [2.05, 4.69) is 24.3 Å². The number of carbonyl (C=O) groups is 1. The van der Waals surface area contributed by atoms with Crippen molar-refractivity contribution < 1.29 is 4.79 Å². The summed E-state index contributed by atoms with van der Waals surface area (Å²) in [5.41, 5.74) is 4.88. The van der Waals surface area contributed by atoms with Crippen molar-refractivity contribution in [3.05, 3.63) is 83.6 Å². The molecule has 0 bridgehead atoms. The number of hydrogen-bond acceptors (Lipinski definition) is 5. The molecule has 4 nitrogen and oxygen atoms in total. The van der Waals surface area contributed by atoms with Crippen LogP contribution in [0.15, 0.2) is 71.8 Å². The summed E-state index contributed by atoms with van der Waals surface area (Å²) < 4.78 is 2.02. The Morgan fingerprint density at radius 3 is 2.62 bits per heavy atom. The van der Waals surface area contributed by atoms with Gasteiger partial charge in [0.2, 0.25) is 0 Å². The van der Waals surface area contributed by atoms with E-state index < -0.39 is 0 Å². The van der Waals surface area contributed by atoms with Crippen LogP contribution in [-0.4, -0.2) is 30.7 Å². The van der Waals surface area contributed by atoms with Gasteiger partial charge in [-0.25, -0.2) is 4.98 Å². The van der Waals surface area contributed by atoms with Crippen molar-refractivity contribution in [2.24, 2.45) is 0 Å². The molecule has 2 aromatic carbocycles. The predicted molar refractivity (Wildman–Crippen MR) is 124 cm³/mol. The Bertz CT molecular complexity index is 1010. The Kier molecular flexibility index (Phi) is 6.11. The molecule has 148 valence electrons. The Balaban J connectivity index is 1.53. The van der Waals surface area contributed by atoms with E-state index >= 15 is 0 Å². The standard InChI is InChI=1S/C23H23N3OS2/c1-25(28-2)20-11-7-6-10-18(20)23(27)26-15-14-19-21(26)12-13-22(24-19)29-16-17-8-4-3-5-9-17/h3-13H,14-16H2,1-2H3. The highest BCUT2D eigenvalue weighted by atomic mass is 32.2. The minimum Gasteiger partial charge on any atom is -0.319 e. The minimum absolute atomic E-state index is 0.0340. The quantitative estimate of drug-likeness (QED) is 0.399. The molecule has 6 heteroatoms. The third-order valence-corrected chi connectivity index (χ3v) is 6.76. The van der Waals surface area contributed by atoms with Gasteiger partial charge in [0.05, 0.1) is 27.7 Å². The van der Waals surface area contributed by atoms with Crippen LogP contribution >= 0.6 is 23.7 Å². The molecule has 0 atom stereocenters. The Morgan fingerprint density at radius 2 is 1.83 bits per heavy atom. The highest BCUT2D eigenvalue weighted by Gasteiger charge is 2.28. The smallest absolute Gasteiger partial charge is 0.260 e. The number of amides is 1. The van der Waals surface area contributed by atoms with Crippen molar-refractivity contribution in [2.75, 3.05) is 29.1 Å². The van der Waals surface area contributed by atoms with Crippen LogP contribution in [-0.2, 0) is 12.2 Å². The van der Waals surface area contributed by atoms with Crippen LogP contribution in [0.1, 0.15) is 21.6 Å². The Labute approximate surface area is 180 Å². The maximum Gasteiger partial charge on any atom is 0.260 e. The summed E-state index contributed by atoms with van der Waals surface area (Å²) in [5, 5.41) is 1.00. The fourth-order valence-electron chi connectivity index (χ4n) is 3.44. The number of thioether (sulfide) groups is 1. The van der Waals surface area contributed by atoms with E-state index in [0.717, 1.165) is 39.8 Å². The van der Waals surface area contributed by atoms with Gasteiger partial charge in [-0.3, -0.25) is 4.79 Å². The Hall–Kier alpha value is -2.44. The van der Waals surface area contributed by atoms with Gasteiger partial charge in [0.15, 0.2) is 0 Å². The molecule has 0 fully saturated rings. The molecule has 1 aromatic heterocycles. The predicted octanol–water partition coefficient (Wildman–Crippen LogP) is 5.29. The fraction of sp³-hybridized carbons (Fsp3) is 0.217. The largest absolute Gasteiger partial charge is 0.319 e. The van der Waals surface area contributed by atoms with Crippen molar-refractivity contribution in [1.82, 2.24) is 4.98 Å². The number of fused-ring (bicyclic) bond motifs is 1. The van der Waals surface area contributed by atoms with Crippen LogP contribution in [0.2, 0.25) is 0 Å². The number of rotatable bonds is 6. The zero-order valence-electron chi connectivity index (χ0n) is 16.5. The molecule has 2 heterocycles. The lowest BCUT2D eigenvalue weighted by Crippen LogP contribution is -2.30. The van der Waals surface area contributed by atoms with Gasteiger partial charge < -0.3 is 9.21 Å². The molecule has 0 N–H and O–H groups in total. The molecule has 0 radical (unpaired) electrons. The van der Waals surface area contributed by atoms with E-state index in [9.17, 15) is 4.79 Å². The first-order valence-electron chi connectivity index (χ1n) is 9.53. The highest BCUT2D eigenvalue weighted by molar-refractivity contribution is 7.99. The average Bonchev–Trinajstić information content (AvgIpc) is 3.20. The number of hydrogen-bond donors (Lipinski definition) is 0. The van der Waals surface area contributed by atoms with Gasteiger partial charge in [0.1, 0.15) is 0 Å². The van der Waals surface area contributed by atoms with Gasteiger partial charge >= 0.3 is 0 Å². The summed E-state index contributed by atoms with van der Waals surface area (Å²) in [6.45, 7) is 0.672. The molecule has 1 aliphatic heterocycles. The first kappa shape index (κ1) is 19.9. The first-order chi connectivity index (χ1) is 14.2. The van der Waals surface area contributed by atoms with E-state index in [1.807, 2.05) is 65.0 Å². The molecule has 0 saturated carbocycles. The molecule has 0 aliphatic carbocycles. The molecular formula is C23H23N3OS2. The van der Waals surface area contributed by atoms with Crippen LogP contribution in [0.5, 0.6) is 0 Å². The number of anilines is 2. The van der Waals surface area contributed by atoms with E-state index in [4.69, 9.17) is 4.98 Å². The second-order valence-corrected chi connectivity index (χ2v) is 8.70. The normalized spacial score (nSPS) is 12.7. The first-order valence-corrected chi connectivity index (χ1v) is 11.7. The summed E-state index contributed by atoms with van der Waals surface area (Å²) in [4.78, 5) is 20.0. The Morgan fingerprint density at radius 1 is 1.07 bits per heavy atom. The summed E-state index contributed by atoms with van der Waals surface area (Å²) in [5.74, 6) is 0.927. The second kappa shape index (κ2) is 8.93. The fourth-order valence-corrected chi connectivity index (χ4v) is 4.64. The number of aromatic nitrogens is 1. The number of benzene rings is 2. The number of carbonyl (C=O) groups excluding carboxylic acids is 1. The number of nitrogens with zero attached hydrogens (tertiary/aromatic N) is 3. The molecular weight excluding hydrogens is 398 g/mol. The second-order valence-electron chi connectivity index (χ2n) is 6.79. The van der Waals surface area contributed by atoms with E-state index in [-0.39, 0.29) is 5.91 Å². The third kappa shape index (κ3) is 4.28. The lowest BCUT2D eigenvalue weighted by Gasteiger charge is -2.23. The van der Waals surface area contributed by atoms with Gasteiger partial charge in [-0.15, -0.1) is 11.8 Å². The van der Waals surface area contributed by atoms with Gasteiger partial charge in [0.25, 0.3) is 5.91 Å². The molecule has 1 aliphatic rings. The minimum atomic E-state index is 0.0340. The third-order valence-electron chi connectivity index (χ3n) is 5.01. The molecule has 1 amide bonds. The van der Waals surface area contributed by atoms with Gasteiger partial charge in [-0.05, 0) is 29.8 Å². The van der Waals surface area contributed by atoms with Crippen LogP contribution in [0.3, 0.4) is 0 Å². The summed E-state index contributed by atoms with van der Waals surface area (Å²) in [7, 11) is 1.98. The average molecular weight is 422 g/mol. The van der Waals surface area contributed by atoms with Crippen molar-refractivity contribution >= 4 is 41.0 Å². The van der Waals surface area contributed by atoms with E-state index in [0.29, 0.717) is 6.54 Å². The molecule has 29 heavy (non-hydrogen) atoms. The van der Waals surface area contributed by atoms with Gasteiger partial charge in [0, 0.05) is 32.0 Å². The molecule has 0 saturated heterocycles.